The molecule has 208 valence electrons. The lowest BCUT2D eigenvalue weighted by atomic mass is 9.97. The van der Waals surface area contributed by atoms with Gasteiger partial charge < -0.3 is 15.2 Å². The summed E-state index contributed by atoms with van der Waals surface area (Å²) in [6.45, 7) is 1.95. The highest BCUT2D eigenvalue weighted by atomic mass is 35.5. The third kappa shape index (κ3) is 6.96. The van der Waals surface area contributed by atoms with Crippen LogP contribution in [0.1, 0.15) is 23.7 Å². The van der Waals surface area contributed by atoms with E-state index in [0.29, 0.717) is 32.7 Å². The van der Waals surface area contributed by atoms with Gasteiger partial charge in [-0.1, -0.05) is 47.6 Å². The van der Waals surface area contributed by atoms with Gasteiger partial charge in [-0.05, 0) is 50.8 Å². The zero-order valence-corrected chi connectivity index (χ0v) is 24.8. The summed E-state index contributed by atoms with van der Waals surface area (Å²) < 4.78 is 10.9. The topological polar surface area (TPSA) is 138 Å². The smallest absolute Gasteiger partial charge is 0.363 e. The molecule has 41 heavy (non-hydrogen) atoms. The normalized spacial score (nSPS) is 11.5. The summed E-state index contributed by atoms with van der Waals surface area (Å²) in [5.41, 5.74) is 9.27. The van der Waals surface area contributed by atoms with Crippen LogP contribution in [0.4, 0.5) is 5.82 Å². The van der Waals surface area contributed by atoms with Crippen LogP contribution in [0.2, 0.25) is 5.02 Å². The number of hydrogen-bond donors (Lipinski definition) is 1. The number of nitrogen functional groups attached to an aromatic ring is 1. The second-order valence-electron chi connectivity index (χ2n) is 8.80. The molecule has 0 aliphatic carbocycles. The van der Waals surface area contributed by atoms with Gasteiger partial charge in [0.2, 0.25) is 0 Å². The minimum absolute atomic E-state index is 0.0273. The van der Waals surface area contributed by atoms with Crippen LogP contribution >= 0.6 is 34.7 Å². The molecule has 2 aromatic carbocycles. The molecule has 4 aromatic rings. The third-order valence-electron chi connectivity index (χ3n) is 5.76. The number of halogens is 1. The number of benzene rings is 2. The minimum Gasteiger partial charge on any atom is -0.464 e. The first kappa shape index (κ1) is 29.8. The van der Waals surface area contributed by atoms with Crippen molar-refractivity contribution in [1.82, 2.24) is 14.9 Å². The molecule has 9 nitrogen and oxygen atoms in total. The number of nitrogens with two attached hydrogens (primary N) is 1. The average Bonchev–Trinajstić information content (AvgIpc) is 3.44. The Morgan fingerprint density at radius 2 is 1.73 bits per heavy atom. The van der Waals surface area contributed by atoms with Crippen LogP contribution in [0.25, 0.3) is 21.7 Å². The quantitative estimate of drug-likeness (QED) is 0.131. The molecule has 0 aliphatic heterocycles. The Morgan fingerprint density at radius 3 is 2.34 bits per heavy atom. The van der Waals surface area contributed by atoms with Crippen LogP contribution in [0.3, 0.4) is 0 Å². The van der Waals surface area contributed by atoms with Crippen LogP contribution in [-0.4, -0.2) is 47.8 Å². The lowest BCUT2D eigenvalue weighted by Gasteiger charge is -2.23. The van der Waals surface area contributed by atoms with Crippen LogP contribution in [0, 0.1) is 22.7 Å². The highest BCUT2D eigenvalue weighted by molar-refractivity contribution is 7.98. The number of ether oxygens (including phenoxy) is 2. The fourth-order valence-corrected chi connectivity index (χ4v) is 5.78. The number of carbonyl (C=O) groups excluding carboxylic acids is 1. The number of thioether (sulfide) groups is 1. The van der Waals surface area contributed by atoms with E-state index >= 15 is 0 Å². The molecule has 0 bridgehead atoms. The first-order chi connectivity index (χ1) is 19.7. The van der Waals surface area contributed by atoms with Gasteiger partial charge in [-0.2, -0.15) is 10.5 Å². The van der Waals surface area contributed by atoms with Crippen molar-refractivity contribution in [3.05, 3.63) is 75.8 Å². The van der Waals surface area contributed by atoms with E-state index in [1.807, 2.05) is 29.6 Å². The Bertz CT molecular complexity index is 1630. The van der Waals surface area contributed by atoms with Crippen molar-refractivity contribution in [2.45, 2.75) is 23.9 Å². The summed E-state index contributed by atoms with van der Waals surface area (Å²) in [7, 11) is 3.41. The molecule has 2 N–H and O–H groups in total. The SMILES string of the molecule is CCOC(=O)C(Oc1ccc(-c2c(C#N)c(N)nc(SCc3csc(-c4ccc(Cl)cc4)n3)c2C#N)cc1)N(C)C. The van der Waals surface area contributed by atoms with Gasteiger partial charge in [0.15, 0.2) is 0 Å². The van der Waals surface area contributed by atoms with E-state index < -0.39 is 12.2 Å². The van der Waals surface area contributed by atoms with Crippen LogP contribution in [0.5, 0.6) is 5.75 Å². The average molecular weight is 605 g/mol. The van der Waals surface area contributed by atoms with Gasteiger partial charge in [-0.15, -0.1) is 11.3 Å². The molecular weight excluding hydrogens is 580 g/mol. The molecule has 0 aliphatic rings. The van der Waals surface area contributed by atoms with Crippen molar-refractivity contribution in [3.63, 3.8) is 0 Å². The number of nitrogens with zero attached hydrogens (tertiary/aromatic N) is 5. The summed E-state index contributed by atoms with van der Waals surface area (Å²) >= 11 is 8.82. The molecule has 2 heterocycles. The maximum Gasteiger partial charge on any atom is 0.363 e. The Labute approximate surface area is 251 Å². The van der Waals surface area contributed by atoms with Crippen LogP contribution in [-0.2, 0) is 15.3 Å². The maximum absolute atomic E-state index is 12.3. The number of pyridine rings is 1. The third-order valence-corrected chi connectivity index (χ3v) is 7.96. The Morgan fingerprint density at radius 1 is 1.07 bits per heavy atom. The predicted molar refractivity (Wildman–Crippen MR) is 160 cm³/mol. The highest BCUT2D eigenvalue weighted by Gasteiger charge is 2.25. The van der Waals surface area contributed by atoms with Crippen molar-refractivity contribution in [2.75, 3.05) is 26.4 Å². The second kappa shape index (κ2) is 13.5. The van der Waals surface area contributed by atoms with E-state index in [9.17, 15) is 15.3 Å². The molecule has 4 rings (SSSR count). The number of esters is 1. The number of aromatic nitrogens is 2. The first-order valence-corrected chi connectivity index (χ1v) is 14.6. The lowest BCUT2D eigenvalue weighted by molar-refractivity contribution is -0.158. The number of likely N-dealkylation sites (N-methyl/N-ethyl adjacent to an activating group) is 1. The van der Waals surface area contributed by atoms with Gasteiger partial charge in [-0.3, -0.25) is 4.90 Å². The zero-order valence-electron chi connectivity index (χ0n) is 22.4. The van der Waals surface area contributed by atoms with E-state index in [1.54, 1.807) is 50.2 Å². The summed E-state index contributed by atoms with van der Waals surface area (Å²) in [6, 6.07) is 18.5. The summed E-state index contributed by atoms with van der Waals surface area (Å²) in [6.07, 6.45) is -0.935. The van der Waals surface area contributed by atoms with E-state index in [4.69, 9.17) is 31.8 Å². The Hall–Kier alpha value is -4.13. The summed E-state index contributed by atoms with van der Waals surface area (Å²) in [5, 5.41) is 23.9. The predicted octanol–water partition coefficient (Wildman–Crippen LogP) is 5.97. The van der Waals surface area contributed by atoms with Gasteiger partial charge in [0.1, 0.15) is 39.3 Å². The summed E-state index contributed by atoms with van der Waals surface area (Å²) in [5.74, 6) is 0.376. The molecule has 0 fully saturated rings. The largest absolute Gasteiger partial charge is 0.464 e. The highest BCUT2D eigenvalue weighted by Crippen LogP contribution is 2.37. The van der Waals surface area contributed by atoms with Crippen molar-refractivity contribution < 1.29 is 14.3 Å². The van der Waals surface area contributed by atoms with Crippen molar-refractivity contribution >= 4 is 46.5 Å². The second-order valence-corrected chi connectivity index (χ2v) is 11.1. The van der Waals surface area contributed by atoms with Gasteiger partial charge in [0, 0.05) is 27.3 Å². The molecule has 0 amide bonds. The lowest BCUT2D eigenvalue weighted by Crippen LogP contribution is -2.41. The zero-order chi connectivity index (χ0) is 29.5. The van der Waals surface area contributed by atoms with Gasteiger partial charge in [0.25, 0.3) is 6.23 Å². The number of anilines is 1. The molecule has 0 radical (unpaired) electrons. The van der Waals surface area contributed by atoms with Crippen molar-refractivity contribution in [2.24, 2.45) is 0 Å². The van der Waals surface area contributed by atoms with Crippen LogP contribution < -0.4 is 10.5 Å². The van der Waals surface area contributed by atoms with Gasteiger partial charge in [0.05, 0.1) is 17.9 Å². The Kier molecular flexibility index (Phi) is 9.82. The fourth-order valence-electron chi connectivity index (χ4n) is 3.84. The standard InChI is InChI=1S/C29H25ClN6O3S2/c1-4-38-29(37)28(36(2)3)39-21-11-7-17(8-12-21)24-22(13-31)25(33)35-27(23(24)14-32)41-16-20-15-40-26(34-20)18-5-9-19(30)10-6-18/h5-12,15,28H,4,16H2,1-3H3,(H2,33,35). The van der Waals surface area contributed by atoms with E-state index in [2.05, 4.69) is 17.1 Å². The molecule has 1 unspecified atom stereocenters. The van der Waals surface area contributed by atoms with E-state index in [0.717, 1.165) is 16.3 Å². The number of thiazole rings is 1. The molecule has 0 saturated carbocycles. The van der Waals surface area contributed by atoms with Crippen molar-refractivity contribution in [1.29, 1.82) is 10.5 Å². The van der Waals surface area contributed by atoms with E-state index in [1.165, 1.54) is 23.1 Å². The van der Waals surface area contributed by atoms with Crippen LogP contribution in [0.15, 0.2) is 58.9 Å². The molecule has 2 aromatic heterocycles. The molecular formula is C29H25ClN6O3S2. The van der Waals surface area contributed by atoms with Crippen molar-refractivity contribution in [3.8, 4) is 39.6 Å². The first-order valence-electron chi connectivity index (χ1n) is 12.3. The molecule has 12 heteroatoms. The van der Waals surface area contributed by atoms with E-state index in [-0.39, 0.29) is 23.6 Å². The number of rotatable bonds is 10. The van der Waals surface area contributed by atoms with Gasteiger partial charge in [-0.25, -0.2) is 14.8 Å². The number of carbonyl (C=O) groups is 1. The number of nitriles is 2. The Balaban J connectivity index is 1.60. The fraction of sp³-hybridized carbons (Fsp3) is 0.207. The molecule has 0 spiro atoms. The van der Waals surface area contributed by atoms with Gasteiger partial charge >= 0.3 is 5.97 Å². The number of hydrogen-bond acceptors (Lipinski definition) is 11. The monoisotopic (exact) mass is 604 g/mol. The molecule has 1 atom stereocenters. The summed E-state index contributed by atoms with van der Waals surface area (Å²) in [4.78, 5) is 23.0. The minimum atomic E-state index is -0.935. The molecule has 0 saturated heterocycles. The maximum atomic E-state index is 12.3.